The quantitative estimate of drug-likeness (QED) is 0.556. The molecule has 1 fully saturated rings. The topological polar surface area (TPSA) is 49.6 Å². The van der Waals surface area contributed by atoms with Gasteiger partial charge >= 0.3 is 0 Å². The highest BCUT2D eigenvalue weighted by Gasteiger charge is 2.22. The Bertz CT molecular complexity index is 1040. The van der Waals surface area contributed by atoms with Crippen molar-refractivity contribution in [2.45, 2.75) is 6.92 Å². The first-order chi connectivity index (χ1) is 12.3. The highest BCUT2D eigenvalue weighted by molar-refractivity contribution is 7.13. The summed E-state index contributed by atoms with van der Waals surface area (Å²) in [6.07, 6.45) is 1.81. The van der Waals surface area contributed by atoms with E-state index < -0.39 is 0 Å². The average molecular weight is 350 g/mol. The average Bonchev–Trinajstić information content (AvgIpc) is 3.28. The summed E-state index contributed by atoms with van der Waals surface area (Å²) >= 11 is 1.58. The van der Waals surface area contributed by atoms with Crippen LogP contribution < -0.4 is 9.80 Å². The third kappa shape index (κ3) is 2.42. The minimum atomic E-state index is 0.905. The van der Waals surface area contributed by atoms with Crippen LogP contribution in [0.3, 0.4) is 0 Å². The highest BCUT2D eigenvalue weighted by atomic mass is 32.1. The van der Waals surface area contributed by atoms with Crippen LogP contribution in [-0.2, 0) is 0 Å². The van der Waals surface area contributed by atoms with Gasteiger partial charge in [-0.25, -0.2) is 4.98 Å². The Morgan fingerprint density at radius 2 is 1.80 bits per heavy atom. The zero-order chi connectivity index (χ0) is 16.8. The molecular weight excluding hydrogens is 332 g/mol. The lowest BCUT2D eigenvalue weighted by Gasteiger charge is -2.36. The van der Waals surface area contributed by atoms with Gasteiger partial charge in [0.05, 0.1) is 10.9 Å². The van der Waals surface area contributed by atoms with Crippen LogP contribution in [0.2, 0.25) is 0 Å². The molecule has 0 atom stereocenters. The zero-order valence-electron chi connectivity index (χ0n) is 14.0. The third-order valence-corrected chi connectivity index (χ3v) is 5.55. The van der Waals surface area contributed by atoms with E-state index in [-0.39, 0.29) is 0 Å². The van der Waals surface area contributed by atoms with Crippen molar-refractivity contribution in [1.29, 1.82) is 0 Å². The number of piperazine rings is 1. The van der Waals surface area contributed by atoms with Gasteiger partial charge in [-0.1, -0.05) is 12.1 Å². The molecule has 0 aliphatic carbocycles. The molecule has 0 unspecified atom stereocenters. The molecule has 0 spiro atoms. The smallest absolute Gasteiger partial charge is 0.157 e. The van der Waals surface area contributed by atoms with Crippen LogP contribution in [0.5, 0.6) is 0 Å². The molecule has 3 aromatic heterocycles. The van der Waals surface area contributed by atoms with Crippen LogP contribution >= 0.6 is 11.5 Å². The number of fused-ring (bicyclic) bond motifs is 2. The van der Waals surface area contributed by atoms with Gasteiger partial charge in [0.15, 0.2) is 5.65 Å². The van der Waals surface area contributed by atoms with E-state index in [4.69, 9.17) is 4.37 Å². The van der Waals surface area contributed by atoms with Gasteiger partial charge in [-0.15, -0.1) is 0 Å². The van der Waals surface area contributed by atoms with Gasteiger partial charge in [0.1, 0.15) is 11.6 Å². The van der Waals surface area contributed by atoms with Gasteiger partial charge in [0.25, 0.3) is 0 Å². The van der Waals surface area contributed by atoms with Gasteiger partial charge < -0.3 is 9.80 Å². The number of hydrogen-bond acceptors (Lipinski definition) is 6. The van der Waals surface area contributed by atoms with Crippen LogP contribution in [0.1, 0.15) is 5.69 Å². The molecule has 1 aliphatic heterocycles. The van der Waals surface area contributed by atoms with Crippen molar-refractivity contribution in [2.75, 3.05) is 36.0 Å². The maximum atomic E-state index is 4.69. The van der Waals surface area contributed by atoms with Crippen molar-refractivity contribution in [1.82, 2.24) is 19.0 Å². The molecule has 1 saturated heterocycles. The number of rotatable bonds is 2. The molecule has 0 saturated carbocycles. The van der Waals surface area contributed by atoms with Gasteiger partial charge in [-0.05, 0) is 30.6 Å². The molecule has 1 aromatic carbocycles. The summed E-state index contributed by atoms with van der Waals surface area (Å²) in [5.41, 5.74) is 1.93. The molecule has 5 rings (SSSR count). The molecule has 0 amide bonds. The Morgan fingerprint density at radius 3 is 2.68 bits per heavy atom. The maximum absolute atomic E-state index is 4.69. The van der Waals surface area contributed by atoms with Gasteiger partial charge in [-0.3, -0.25) is 0 Å². The van der Waals surface area contributed by atoms with E-state index in [9.17, 15) is 0 Å². The monoisotopic (exact) mass is 350 g/mol. The van der Waals surface area contributed by atoms with Gasteiger partial charge in [-0.2, -0.15) is 14.0 Å². The van der Waals surface area contributed by atoms with E-state index in [0.29, 0.717) is 0 Å². The summed E-state index contributed by atoms with van der Waals surface area (Å²) in [5.74, 6) is 2.24. The molecule has 25 heavy (non-hydrogen) atoms. The van der Waals surface area contributed by atoms with E-state index in [1.807, 2.05) is 23.7 Å². The van der Waals surface area contributed by atoms with E-state index in [1.165, 1.54) is 10.1 Å². The summed E-state index contributed by atoms with van der Waals surface area (Å²) in [7, 11) is 0. The SMILES string of the molecule is Cc1cc(N2CCN(c3nsc4ccccc34)CC2)n2nccc2n1. The number of aryl methyl sites for hydroxylation is 1. The molecule has 0 N–H and O–H groups in total. The normalized spacial score (nSPS) is 15.4. The van der Waals surface area contributed by atoms with E-state index in [2.05, 4.69) is 50.2 Å². The van der Waals surface area contributed by atoms with Gasteiger partial charge in [0.2, 0.25) is 0 Å². The fourth-order valence-electron chi connectivity index (χ4n) is 3.49. The lowest BCUT2D eigenvalue weighted by atomic mass is 10.2. The van der Waals surface area contributed by atoms with Crippen molar-refractivity contribution < 1.29 is 0 Å². The van der Waals surface area contributed by atoms with E-state index in [0.717, 1.165) is 49.2 Å². The van der Waals surface area contributed by atoms with Gasteiger partial charge in [0, 0.05) is 49.4 Å². The minimum absolute atomic E-state index is 0.905. The Morgan fingerprint density at radius 1 is 1.00 bits per heavy atom. The number of aromatic nitrogens is 4. The van der Waals surface area contributed by atoms with Crippen LogP contribution in [0.25, 0.3) is 15.7 Å². The molecule has 126 valence electrons. The molecule has 4 heterocycles. The summed E-state index contributed by atoms with van der Waals surface area (Å²) in [4.78, 5) is 9.32. The predicted octanol–water partition coefficient (Wildman–Crippen LogP) is 2.97. The van der Waals surface area contributed by atoms with Crippen molar-refractivity contribution in [3.05, 3.63) is 48.3 Å². The Balaban J connectivity index is 1.42. The number of hydrogen-bond donors (Lipinski definition) is 0. The lowest BCUT2D eigenvalue weighted by Crippen LogP contribution is -2.47. The van der Waals surface area contributed by atoms with Crippen molar-refractivity contribution in [3.63, 3.8) is 0 Å². The first-order valence-corrected chi connectivity index (χ1v) is 9.23. The molecule has 7 heteroatoms. The molecule has 1 aliphatic rings. The third-order valence-electron chi connectivity index (χ3n) is 4.73. The standard InChI is InChI=1S/C18H18N6S/c1-13-12-17(24-16(20-13)6-7-19-24)22-8-10-23(11-9-22)18-14-4-2-3-5-15(14)25-21-18/h2-7,12H,8-11H2,1H3. The summed E-state index contributed by atoms with van der Waals surface area (Å²) in [5, 5.41) is 5.69. The fraction of sp³-hybridized carbons (Fsp3) is 0.278. The van der Waals surface area contributed by atoms with E-state index >= 15 is 0 Å². The first-order valence-electron chi connectivity index (χ1n) is 8.45. The summed E-state index contributed by atoms with van der Waals surface area (Å²) in [6.45, 7) is 5.85. The molecule has 0 bridgehead atoms. The minimum Gasteiger partial charge on any atom is -0.353 e. The second-order valence-electron chi connectivity index (χ2n) is 6.33. The van der Waals surface area contributed by atoms with Crippen molar-refractivity contribution in [2.24, 2.45) is 0 Å². The van der Waals surface area contributed by atoms with Crippen LogP contribution in [0.15, 0.2) is 42.6 Å². The molecule has 0 radical (unpaired) electrons. The highest BCUT2D eigenvalue weighted by Crippen LogP contribution is 2.30. The maximum Gasteiger partial charge on any atom is 0.157 e. The van der Waals surface area contributed by atoms with Crippen LogP contribution in [0.4, 0.5) is 11.6 Å². The zero-order valence-corrected chi connectivity index (χ0v) is 14.8. The molecular formula is C18H18N6S. The summed E-state index contributed by atoms with van der Waals surface area (Å²) < 4.78 is 7.88. The Labute approximate surface area is 149 Å². The molecule has 6 nitrogen and oxygen atoms in total. The number of benzene rings is 1. The Kier molecular flexibility index (Phi) is 3.34. The summed E-state index contributed by atoms with van der Waals surface area (Å²) in [6, 6.07) is 12.5. The van der Waals surface area contributed by atoms with Crippen molar-refractivity contribution in [3.8, 4) is 0 Å². The number of nitrogens with zero attached hydrogens (tertiary/aromatic N) is 6. The van der Waals surface area contributed by atoms with Crippen LogP contribution in [0, 0.1) is 6.92 Å². The first kappa shape index (κ1) is 14.7. The number of anilines is 2. The Hall–Kier alpha value is -2.67. The largest absolute Gasteiger partial charge is 0.353 e. The molecule has 4 aromatic rings. The fourth-order valence-corrected chi connectivity index (χ4v) is 4.29. The lowest BCUT2D eigenvalue weighted by molar-refractivity contribution is 0.636. The van der Waals surface area contributed by atoms with E-state index in [1.54, 1.807) is 11.5 Å². The van der Waals surface area contributed by atoms with Crippen molar-refractivity contribution >= 4 is 38.9 Å². The predicted molar refractivity (Wildman–Crippen MR) is 102 cm³/mol. The van der Waals surface area contributed by atoms with Crippen LogP contribution in [-0.4, -0.2) is 45.2 Å². The second kappa shape index (κ2) is 5.70. The second-order valence-corrected chi connectivity index (χ2v) is 7.14.